The molecule has 1 aliphatic heterocycles. The van der Waals surface area contributed by atoms with E-state index in [1.54, 1.807) is 6.07 Å². The predicted molar refractivity (Wildman–Crippen MR) is 85.0 cm³/mol. The average Bonchev–Trinajstić information content (AvgIpc) is 2.85. The summed E-state index contributed by atoms with van der Waals surface area (Å²) in [7, 11) is 0. The number of thioether (sulfide) groups is 1. The molecular weight excluding hydrogens is 309 g/mol. The van der Waals surface area contributed by atoms with E-state index in [0.717, 1.165) is 5.56 Å². The van der Waals surface area contributed by atoms with E-state index in [0.29, 0.717) is 9.95 Å². The number of rotatable bonds is 2. The van der Waals surface area contributed by atoms with Crippen LogP contribution in [-0.2, 0) is 4.79 Å². The molecule has 1 aliphatic rings. The van der Waals surface area contributed by atoms with Gasteiger partial charge in [0.15, 0.2) is 0 Å². The van der Waals surface area contributed by atoms with Crippen molar-refractivity contribution in [2.45, 2.75) is 0 Å². The third kappa shape index (κ3) is 2.91. The molecule has 0 unspecified atom stereocenters. The summed E-state index contributed by atoms with van der Waals surface area (Å²) in [6.45, 7) is 0. The highest BCUT2D eigenvalue weighted by atomic mass is 35.5. The van der Waals surface area contributed by atoms with Gasteiger partial charge in [0.1, 0.15) is 10.9 Å². The molecule has 0 atom stereocenters. The maximum Gasteiger partial charge on any atom is 0.284 e. The topological polar surface area (TPSA) is 29.4 Å². The van der Waals surface area contributed by atoms with E-state index in [9.17, 15) is 9.18 Å². The monoisotopic (exact) mass is 317 g/mol. The standard InChI is InChI=1S/C16H9ClFNOS/c17-12-7-4-8-13(18)11(12)9-14-15(20)19-16(21-14)10-5-2-1-3-6-10/h1-9H. The summed E-state index contributed by atoms with van der Waals surface area (Å²) in [4.78, 5) is 16.3. The van der Waals surface area contributed by atoms with E-state index in [2.05, 4.69) is 4.99 Å². The van der Waals surface area contributed by atoms with Crippen LogP contribution in [0, 0.1) is 5.82 Å². The second-order valence-corrected chi connectivity index (χ2v) is 5.77. The van der Waals surface area contributed by atoms with Crippen molar-refractivity contribution in [2.75, 3.05) is 0 Å². The molecule has 0 fully saturated rings. The summed E-state index contributed by atoms with van der Waals surface area (Å²) in [5, 5.41) is 0.878. The molecule has 1 amide bonds. The maximum atomic E-state index is 13.8. The lowest BCUT2D eigenvalue weighted by Gasteiger charge is -2.01. The fourth-order valence-electron chi connectivity index (χ4n) is 1.89. The van der Waals surface area contributed by atoms with Crippen LogP contribution in [0.25, 0.3) is 6.08 Å². The van der Waals surface area contributed by atoms with Crippen molar-refractivity contribution < 1.29 is 9.18 Å². The van der Waals surface area contributed by atoms with Gasteiger partial charge >= 0.3 is 0 Å². The normalized spacial score (nSPS) is 16.4. The summed E-state index contributed by atoms with van der Waals surface area (Å²) < 4.78 is 13.8. The Labute approximate surface area is 130 Å². The lowest BCUT2D eigenvalue weighted by molar-refractivity contribution is -0.113. The van der Waals surface area contributed by atoms with E-state index >= 15 is 0 Å². The Kier molecular flexibility index (Phi) is 3.90. The first-order valence-corrected chi connectivity index (χ1v) is 7.36. The molecule has 0 bridgehead atoms. The smallest absolute Gasteiger partial charge is 0.266 e. The quantitative estimate of drug-likeness (QED) is 0.761. The lowest BCUT2D eigenvalue weighted by Crippen LogP contribution is -1.90. The molecule has 0 N–H and O–H groups in total. The van der Waals surface area contributed by atoms with Crippen LogP contribution in [0.4, 0.5) is 4.39 Å². The summed E-state index contributed by atoms with van der Waals surface area (Å²) in [5.74, 6) is -0.838. The maximum absolute atomic E-state index is 13.8. The van der Waals surface area contributed by atoms with Crippen LogP contribution < -0.4 is 0 Å². The Bertz CT molecular complexity index is 751. The van der Waals surface area contributed by atoms with Crippen molar-refractivity contribution >= 4 is 40.4 Å². The number of hydrogen-bond acceptors (Lipinski definition) is 2. The van der Waals surface area contributed by atoms with Crippen LogP contribution in [0.15, 0.2) is 58.4 Å². The van der Waals surface area contributed by atoms with Crippen LogP contribution in [0.1, 0.15) is 11.1 Å². The zero-order chi connectivity index (χ0) is 14.8. The molecule has 0 spiro atoms. The lowest BCUT2D eigenvalue weighted by atomic mass is 10.2. The zero-order valence-electron chi connectivity index (χ0n) is 10.7. The van der Waals surface area contributed by atoms with Crippen molar-refractivity contribution in [3.63, 3.8) is 0 Å². The number of aliphatic imine (C=N–C) groups is 1. The van der Waals surface area contributed by atoms with Crippen LogP contribution in [0.2, 0.25) is 5.02 Å². The van der Waals surface area contributed by atoms with Crippen LogP contribution in [0.3, 0.4) is 0 Å². The van der Waals surface area contributed by atoms with Gasteiger partial charge in [-0.15, -0.1) is 0 Å². The molecule has 0 aromatic heterocycles. The fraction of sp³-hybridized carbons (Fsp3) is 0. The molecule has 2 nitrogen and oxygen atoms in total. The molecule has 104 valence electrons. The van der Waals surface area contributed by atoms with Crippen molar-refractivity contribution in [2.24, 2.45) is 4.99 Å². The van der Waals surface area contributed by atoms with E-state index < -0.39 is 5.82 Å². The molecule has 2 aromatic rings. The van der Waals surface area contributed by atoms with Crippen molar-refractivity contribution in [3.05, 3.63) is 75.4 Å². The first-order valence-electron chi connectivity index (χ1n) is 6.17. The Morgan fingerprint density at radius 3 is 2.57 bits per heavy atom. The molecule has 1 heterocycles. The largest absolute Gasteiger partial charge is 0.284 e. The minimum Gasteiger partial charge on any atom is -0.266 e. The summed E-state index contributed by atoms with van der Waals surface area (Å²) >= 11 is 7.19. The number of benzene rings is 2. The number of amides is 1. The van der Waals surface area contributed by atoms with Crippen molar-refractivity contribution in [1.82, 2.24) is 0 Å². The SMILES string of the molecule is O=C1N=C(c2ccccc2)SC1=Cc1c(F)cccc1Cl. The van der Waals surface area contributed by atoms with Gasteiger partial charge in [0, 0.05) is 11.1 Å². The van der Waals surface area contributed by atoms with E-state index in [-0.39, 0.29) is 16.5 Å². The number of hydrogen-bond donors (Lipinski definition) is 0. The Balaban J connectivity index is 1.93. The van der Waals surface area contributed by atoms with E-state index in [1.165, 1.54) is 30.0 Å². The molecule has 2 aromatic carbocycles. The van der Waals surface area contributed by atoms with Gasteiger partial charge in [0.25, 0.3) is 5.91 Å². The first kappa shape index (κ1) is 14.0. The zero-order valence-corrected chi connectivity index (χ0v) is 12.3. The number of carbonyl (C=O) groups excluding carboxylic acids is 1. The Hall–Kier alpha value is -1.91. The number of nitrogens with zero attached hydrogens (tertiary/aromatic N) is 1. The molecule has 3 rings (SSSR count). The van der Waals surface area contributed by atoms with Gasteiger partial charge in [-0.2, -0.15) is 0 Å². The van der Waals surface area contributed by atoms with Gasteiger partial charge in [-0.25, -0.2) is 9.38 Å². The van der Waals surface area contributed by atoms with Crippen LogP contribution in [0.5, 0.6) is 0 Å². The number of carbonyl (C=O) groups is 1. The fourth-order valence-corrected chi connectivity index (χ4v) is 3.01. The predicted octanol–water partition coefficient (Wildman–Crippen LogP) is 4.54. The summed E-state index contributed by atoms with van der Waals surface area (Å²) in [6.07, 6.45) is 1.45. The minimum absolute atomic E-state index is 0.208. The van der Waals surface area contributed by atoms with Crippen LogP contribution >= 0.6 is 23.4 Å². The summed E-state index contributed by atoms with van der Waals surface area (Å²) in [6, 6.07) is 13.8. The first-order chi connectivity index (χ1) is 10.1. The molecule has 0 saturated carbocycles. The minimum atomic E-state index is -0.462. The van der Waals surface area contributed by atoms with Crippen molar-refractivity contribution in [3.8, 4) is 0 Å². The third-order valence-corrected chi connectivity index (χ3v) is 4.28. The molecule has 0 saturated heterocycles. The molecule has 0 radical (unpaired) electrons. The third-order valence-electron chi connectivity index (χ3n) is 2.92. The van der Waals surface area contributed by atoms with Gasteiger partial charge < -0.3 is 0 Å². The van der Waals surface area contributed by atoms with Gasteiger partial charge in [-0.05, 0) is 18.2 Å². The highest BCUT2D eigenvalue weighted by Gasteiger charge is 2.23. The molecular formula is C16H9ClFNOS. The van der Waals surface area contributed by atoms with E-state index in [4.69, 9.17) is 11.6 Å². The Morgan fingerprint density at radius 1 is 1.10 bits per heavy atom. The van der Waals surface area contributed by atoms with Gasteiger partial charge in [-0.3, -0.25) is 4.79 Å². The molecule has 0 aliphatic carbocycles. The van der Waals surface area contributed by atoms with Crippen LogP contribution in [-0.4, -0.2) is 11.0 Å². The van der Waals surface area contributed by atoms with E-state index in [1.807, 2.05) is 30.3 Å². The van der Waals surface area contributed by atoms with Gasteiger partial charge in [0.2, 0.25) is 0 Å². The van der Waals surface area contributed by atoms with Gasteiger partial charge in [0.05, 0.1) is 9.93 Å². The average molecular weight is 318 g/mol. The highest BCUT2D eigenvalue weighted by Crippen LogP contribution is 2.33. The number of halogens is 2. The molecule has 21 heavy (non-hydrogen) atoms. The molecule has 5 heteroatoms. The van der Waals surface area contributed by atoms with Gasteiger partial charge in [-0.1, -0.05) is 59.8 Å². The summed E-state index contributed by atoms with van der Waals surface area (Å²) in [5.41, 5.74) is 1.07. The second-order valence-electron chi connectivity index (χ2n) is 4.33. The Morgan fingerprint density at radius 2 is 1.86 bits per heavy atom. The second kappa shape index (κ2) is 5.84. The van der Waals surface area contributed by atoms with Crippen molar-refractivity contribution in [1.29, 1.82) is 0 Å². The highest BCUT2D eigenvalue weighted by molar-refractivity contribution is 8.19.